The van der Waals surface area contributed by atoms with Crippen molar-refractivity contribution in [1.82, 2.24) is 10.6 Å². The quantitative estimate of drug-likeness (QED) is 0.628. The van der Waals surface area contributed by atoms with Crippen molar-refractivity contribution in [2.24, 2.45) is 11.8 Å². The first kappa shape index (κ1) is 20.8. The van der Waals surface area contributed by atoms with Crippen molar-refractivity contribution in [2.45, 2.75) is 19.3 Å². The molecule has 1 heterocycles. The molecule has 7 nitrogen and oxygen atoms in total. The lowest BCUT2D eigenvalue weighted by Gasteiger charge is -2.27. The predicted octanol–water partition coefficient (Wildman–Crippen LogP) is 1.74. The van der Waals surface area contributed by atoms with Gasteiger partial charge in [0.25, 0.3) is 0 Å². The van der Waals surface area contributed by atoms with Crippen LogP contribution >= 0.6 is 0 Å². The van der Waals surface area contributed by atoms with Gasteiger partial charge in [0.1, 0.15) is 0 Å². The van der Waals surface area contributed by atoms with E-state index in [1.807, 2.05) is 42.5 Å². The standard InChI is InChI=1S/C22H26N2O5/c25-20(12-17-6-3-5-15-4-1-2-7-18(15)17)24-14-21(26)23-13-19(22(27)28)16-8-10-29-11-9-16/h1-7,16,19H,8-14H2,(H,23,26)(H,24,25)(H,27,28). The van der Waals surface area contributed by atoms with Crippen LogP contribution in [-0.4, -0.2) is 49.2 Å². The van der Waals surface area contributed by atoms with Crippen LogP contribution in [0.3, 0.4) is 0 Å². The molecular weight excluding hydrogens is 372 g/mol. The maximum absolute atomic E-state index is 12.3. The molecule has 1 aliphatic rings. The number of aliphatic carboxylic acids is 1. The van der Waals surface area contributed by atoms with E-state index in [-0.39, 0.29) is 31.3 Å². The fourth-order valence-electron chi connectivity index (χ4n) is 3.72. The number of rotatable bonds is 8. The number of nitrogens with one attached hydrogen (secondary N) is 2. The van der Waals surface area contributed by atoms with Gasteiger partial charge in [-0.3, -0.25) is 14.4 Å². The Bertz CT molecular complexity index is 871. The number of hydrogen-bond acceptors (Lipinski definition) is 4. The highest BCUT2D eigenvalue weighted by atomic mass is 16.5. The van der Waals surface area contributed by atoms with Crippen LogP contribution < -0.4 is 10.6 Å². The van der Waals surface area contributed by atoms with Gasteiger partial charge in [-0.25, -0.2) is 0 Å². The molecule has 0 aliphatic carbocycles. The summed E-state index contributed by atoms with van der Waals surface area (Å²) in [5.74, 6) is -2.22. The number of fused-ring (bicyclic) bond motifs is 1. The Morgan fingerprint density at radius 3 is 2.48 bits per heavy atom. The van der Waals surface area contributed by atoms with Gasteiger partial charge >= 0.3 is 5.97 Å². The monoisotopic (exact) mass is 398 g/mol. The largest absolute Gasteiger partial charge is 0.481 e. The smallest absolute Gasteiger partial charge is 0.308 e. The molecule has 3 rings (SSSR count). The first-order chi connectivity index (χ1) is 14.0. The summed E-state index contributed by atoms with van der Waals surface area (Å²) in [5, 5.41) is 16.8. The van der Waals surface area contributed by atoms with Gasteiger partial charge in [0, 0.05) is 19.8 Å². The van der Waals surface area contributed by atoms with Crippen molar-refractivity contribution in [1.29, 1.82) is 0 Å². The zero-order chi connectivity index (χ0) is 20.6. The molecule has 0 aromatic heterocycles. The summed E-state index contributed by atoms with van der Waals surface area (Å²) in [6, 6.07) is 13.6. The molecule has 1 saturated heterocycles. The van der Waals surface area contributed by atoms with E-state index >= 15 is 0 Å². The third-order valence-corrected chi connectivity index (χ3v) is 5.35. The Kier molecular flexibility index (Phi) is 7.19. The third-order valence-electron chi connectivity index (χ3n) is 5.35. The molecule has 0 spiro atoms. The molecule has 1 aliphatic heterocycles. The molecule has 1 fully saturated rings. The van der Waals surface area contributed by atoms with Crippen LogP contribution in [0.25, 0.3) is 10.8 Å². The summed E-state index contributed by atoms with van der Waals surface area (Å²) in [7, 11) is 0. The van der Waals surface area contributed by atoms with Crippen LogP contribution in [0.1, 0.15) is 18.4 Å². The van der Waals surface area contributed by atoms with E-state index in [1.165, 1.54) is 0 Å². The van der Waals surface area contributed by atoms with E-state index < -0.39 is 17.8 Å². The Labute approximate surface area is 169 Å². The van der Waals surface area contributed by atoms with E-state index in [0.717, 1.165) is 16.3 Å². The first-order valence-electron chi connectivity index (χ1n) is 9.85. The molecule has 0 bridgehead atoms. The number of benzene rings is 2. The van der Waals surface area contributed by atoms with Gasteiger partial charge in [-0.1, -0.05) is 42.5 Å². The lowest BCUT2D eigenvalue weighted by molar-refractivity contribution is -0.145. The lowest BCUT2D eigenvalue weighted by atomic mass is 9.86. The van der Waals surface area contributed by atoms with Crippen molar-refractivity contribution in [3.63, 3.8) is 0 Å². The maximum atomic E-state index is 12.3. The highest BCUT2D eigenvalue weighted by Gasteiger charge is 2.30. The summed E-state index contributed by atoms with van der Waals surface area (Å²) in [4.78, 5) is 35.9. The molecule has 1 unspecified atom stereocenters. The average molecular weight is 398 g/mol. The van der Waals surface area contributed by atoms with E-state index in [0.29, 0.717) is 26.1 Å². The van der Waals surface area contributed by atoms with Crippen LogP contribution in [0, 0.1) is 11.8 Å². The zero-order valence-electron chi connectivity index (χ0n) is 16.2. The number of amides is 2. The van der Waals surface area contributed by atoms with E-state index in [4.69, 9.17) is 4.74 Å². The van der Waals surface area contributed by atoms with Crippen LogP contribution in [0.2, 0.25) is 0 Å². The SMILES string of the molecule is O=C(CNC(=O)Cc1cccc2ccccc12)NCC(C(=O)O)C1CCOCC1. The molecule has 3 N–H and O–H groups in total. The van der Waals surface area contributed by atoms with Crippen LogP contribution in [-0.2, 0) is 25.5 Å². The molecule has 7 heteroatoms. The normalized spacial score (nSPS) is 15.6. The summed E-state index contributed by atoms with van der Waals surface area (Å²) < 4.78 is 5.27. The summed E-state index contributed by atoms with van der Waals surface area (Å²) in [5.41, 5.74) is 0.895. The number of carboxylic acids is 1. The second kappa shape index (κ2) is 10.0. The summed E-state index contributed by atoms with van der Waals surface area (Å²) >= 11 is 0. The molecule has 2 aromatic rings. The Morgan fingerprint density at radius 1 is 1.00 bits per heavy atom. The number of ether oxygens (including phenoxy) is 1. The topological polar surface area (TPSA) is 105 Å². The van der Waals surface area contributed by atoms with Gasteiger partial charge < -0.3 is 20.5 Å². The van der Waals surface area contributed by atoms with E-state index in [9.17, 15) is 19.5 Å². The molecule has 0 radical (unpaired) electrons. The molecule has 1 atom stereocenters. The van der Waals surface area contributed by atoms with Gasteiger partial charge in [0.2, 0.25) is 11.8 Å². The van der Waals surface area contributed by atoms with Crippen LogP contribution in [0.15, 0.2) is 42.5 Å². The highest BCUT2D eigenvalue weighted by Crippen LogP contribution is 2.23. The second-order valence-electron chi connectivity index (χ2n) is 7.29. The second-order valence-corrected chi connectivity index (χ2v) is 7.29. The van der Waals surface area contributed by atoms with Crippen LogP contribution in [0.4, 0.5) is 0 Å². The van der Waals surface area contributed by atoms with Crippen molar-refractivity contribution in [2.75, 3.05) is 26.3 Å². The van der Waals surface area contributed by atoms with Crippen molar-refractivity contribution in [3.8, 4) is 0 Å². The maximum Gasteiger partial charge on any atom is 0.308 e. The first-order valence-corrected chi connectivity index (χ1v) is 9.85. The number of hydrogen-bond donors (Lipinski definition) is 3. The fraction of sp³-hybridized carbons (Fsp3) is 0.409. The molecule has 2 amide bonds. The zero-order valence-corrected chi connectivity index (χ0v) is 16.2. The Morgan fingerprint density at radius 2 is 1.72 bits per heavy atom. The minimum atomic E-state index is -0.919. The number of carbonyl (C=O) groups is 3. The number of carboxylic acid groups (broad SMARTS) is 1. The van der Waals surface area contributed by atoms with Gasteiger partial charge in [-0.2, -0.15) is 0 Å². The molecule has 154 valence electrons. The van der Waals surface area contributed by atoms with Crippen molar-refractivity contribution in [3.05, 3.63) is 48.0 Å². The van der Waals surface area contributed by atoms with Gasteiger partial charge in [0.15, 0.2) is 0 Å². The van der Waals surface area contributed by atoms with Gasteiger partial charge in [-0.15, -0.1) is 0 Å². The van der Waals surface area contributed by atoms with E-state index in [1.54, 1.807) is 0 Å². The fourth-order valence-corrected chi connectivity index (χ4v) is 3.72. The predicted molar refractivity (Wildman–Crippen MR) is 108 cm³/mol. The van der Waals surface area contributed by atoms with Gasteiger partial charge in [-0.05, 0) is 35.1 Å². The minimum absolute atomic E-state index is 0.0116. The lowest BCUT2D eigenvalue weighted by Crippen LogP contribution is -2.43. The average Bonchev–Trinajstić information content (AvgIpc) is 2.73. The Balaban J connectivity index is 1.47. The van der Waals surface area contributed by atoms with Crippen molar-refractivity contribution < 1.29 is 24.2 Å². The molecule has 0 saturated carbocycles. The molecular formula is C22H26N2O5. The highest BCUT2D eigenvalue weighted by molar-refractivity contribution is 5.91. The Hall–Kier alpha value is -2.93. The number of carbonyl (C=O) groups excluding carboxylic acids is 2. The van der Waals surface area contributed by atoms with Gasteiger partial charge in [0.05, 0.1) is 18.9 Å². The van der Waals surface area contributed by atoms with Crippen molar-refractivity contribution >= 4 is 28.6 Å². The van der Waals surface area contributed by atoms with Crippen LogP contribution in [0.5, 0.6) is 0 Å². The minimum Gasteiger partial charge on any atom is -0.481 e. The molecule has 29 heavy (non-hydrogen) atoms. The summed E-state index contributed by atoms with van der Waals surface area (Å²) in [6.07, 6.45) is 1.53. The molecule has 2 aromatic carbocycles. The third kappa shape index (κ3) is 5.77. The van der Waals surface area contributed by atoms with E-state index in [2.05, 4.69) is 10.6 Å². The summed E-state index contributed by atoms with van der Waals surface area (Å²) in [6.45, 7) is 0.973.